The molecule has 1 fully saturated rings. The maximum atomic E-state index is 11.7. The molecule has 1 saturated heterocycles. The Bertz CT molecular complexity index is 296. The standard InChI is InChI=1S/C11H18N2O3/c1-7(2)5-9(10(12)14)13-11(15)8-3-4-16-6-8/h8-9H,1,3-6H2,2H3,(H2,12,14)(H,13,15)/t8-,9+/m1/s1. The van der Waals surface area contributed by atoms with E-state index in [0.717, 1.165) is 5.57 Å². The molecule has 5 nitrogen and oxygen atoms in total. The number of hydrogen-bond donors (Lipinski definition) is 2. The van der Waals surface area contributed by atoms with Crippen LogP contribution in [0.5, 0.6) is 0 Å². The Morgan fingerprint density at radius 3 is 2.75 bits per heavy atom. The van der Waals surface area contributed by atoms with Crippen molar-refractivity contribution in [1.82, 2.24) is 5.32 Å². The van der Waals surface area contributed by atoms with Crippen molar-refractivity contribution in [3.8, 4) is 0 Å². The van der Waals surface area contributed by atoms with Crippen molar-refractivity contribution in [1.29, 1.82) is 0 Å². The normalized spacial score (nSPS) is 21.4. The fraction of sp³-hybridized carbons (Fsp3) is 0.636. The van der Waals surface area contributed by atoms with E-state index in [9.17, 15) is 9.59 Å². The summed E-state index contributed by atoms with van der Waals surface area (Å²) >= 11 is 0. The number of carbonyl (C=O) groups is 2. The molecule has 0 aromatic heterocycles. The quantitative estimate of drug-likeness (QED) is 0.645. The van der Waals surface area contributed by atoms with Crippen LogP contribution in [0.2, 0.25) is 0 Å². The molecule has 1 aliphatic rings. The van der Waals surface area contributed by atoms with Gasteiger partial charge in [0.15, 0.2) is 0 Å². The summed E-state index contributed by atoms with van der Waals surface area (Å²) in [6.45, 7) is 6.51. The Morgan fingerprint density at radius 2 is 2.31 bits per heavy atom. The molecule has 0 radical (unpaired) electrons. The van der Waals surface area contributed by atoms with Crippen LogP contribution in [0.25, 0.3) is 0 Å². The number of amides is 2. The fourth-order valence-corrected chi connectivity index (χ4v) is 1.60. The molecule has 0 saturated carbocycles. The van der Waals surface area contributed by atoms with Crippen LogP contribution in [-0.2, 0) is 14.3 Å². The minimum atomic E-state index is -0.661. The van der Waals surface area contributed by atoms with Gasteiger partial charge in [0.25, 0.3) is 0 Å². The van der Waals surface area contributed by atoms with E-state index in [2.05, 4.69) is 11.9 Å². The van der Waals surface area contributed by atoms with Gasteiger partial charge in [-0.15, -0.1) is 6.58 Å². The molecule has 5 heteroatoms. The van der Waals surface area contributed by atoms with E-state index in [1.54, 1.807) is 6.92 Å². The minimum absolute atomic E-state index is 0.160. The largest absolute Gasteiger partial charge is 0.381 e. The Kier molecular flexibility index (Phi) is 4.49. The molecule has 0 spiro atoms. The highest BCUT2D eigenvalue weighted by Crippen LogP contribution is 2.13. The van der Waals surface area contributed by atoms with Crippen LogP contribution in [0, 0.1) is 5.92 Å². The zero-order valence-corrected chi connectivity index (χ0v) is 9.49. The van der Waals surface area contributed by atoms with Gasteiger partial charge in [-0.05, 0) is 19.8 Å². The molecule has 1 aliphatic heterocycles. The molecule has 1 heterocycles. The smallest absolute Gasteiger partial charge is 0.240 e. The molecule has 1 rings (SSSR count). The summed E-state index contributed by atoms with van der Waals surface area (Å²) in [6.07, 6.45) is 1.08. The van der Waals surface area contributed by atoms with Crippen molar-refractivity contribution in [2.24, 2.45) is 11.7 Å². The van der Waals surface area contributed by atoms with E-state index in [4.69, 9.17) is 10.5 Å². The lowest BCUT2D eigenvalue weighted by molar-refractivity contribution is -0.129. The average molecular weight is 226 g/mol. The maximum absolute atomic E-state index is 11.7. The molecule has 2 atom stereocenters. The van der Waals surface area contributed by atoms with Crippen molar-refractivity contribution < 1.29 is 14.3 Å². The Morgan fingerprint density at radius 1 is 1.62 bits per heavy atom. The highest BCUT2D eigenvalue weighted by Gasteiger charge is 2.27. The number of hydrogen-bond acceptors (Lipinski definition) is 3. The fourth-order valence-electron chi connectivity index (χ4n) is 1.60. The summed E-state index contributed by atoms with van der Waals surface area (Å²) < 4.78 is 5.11. The zero-order valence-electron chi connectivity index (χ0n) is 9.49. The van der Waals surface area contributed by atoms with Gasteiger partial charge in [0.05, 0.1) is 12.5 Å². The molecule has 3 N–H and O–H groups in total. The lowest BCUT2D eigenvalue weighted by Crippen LogP contribution is -2.46. The Labute approximate surface area is 95.0 Å². The lowest BCUT2D eigenvalue weighted by atomic mass is 10.0. The Hall–Kier alpha value is -1.36. The minimum Gasteiger partial charge on any atom is -0.381 e. The summed E-state index contributed by atoms with van der Waals surface area (Å²) in [6, 6.07) is -0.661. The Balaban J connectivity index is 2.50. The van der Waals surface area contributed by atoms with Crippen LogP contribution in [0.15, 0.2) is 12.2 Å². The molecule has 0 unspecified atom stereocenters. The average Bonchev–Trinajstić information content (AvgIpc) is 2.68. The van der Waals surface area contributed by atoms with Gasteiger partial charge in [-0.2, -0.15) is 0 Å². The number of primary amides is 1. The van der Waals surface area contributed by atoms with Gasteiger partial charge in [-0.1, -0.05) is 5.57 Å². The number of rotatable bonds is 5. The molecular weight excluding hydrogens is 208 g/mol. The third-order valence-corrected chi connectivity index (χ3v) is 2.51. The predicted octanol–water partition coefficient (Wildman–Crippen LogP) is -0.0408. The van der Waals surface area contributed by atoms with Gasteiger partial charge < -0.3 is 15.8 Å². The summed E-state index contributed by atoms with van der Waals surface area (Å²) in [4.78, 5) is 22.8. The van der Waals surface area contributed by atoms with Gasteiger partial charge in [-0.3, -0.25) is 9.59 Å². The number of ether oxygens (including phenoxy) is 1. The van der Waals surface area contributed by atoms with Crippen LogP contribution in [0.1, 0.15) is 19.8 Å². The zero-order chi connectivity index (χ0) is 12.1. The first-order valence-corrected chi connectivity index (χ1v) is 5.32. The van der Waals surface area contributed by atoms with Crippen LogP contribution in [-0.4, -0.2) is 31.1 Å². The van der Waals surface area contributed by atoms with E-state index in [1.807, 2.05) is 0 Å². The second kappa shape index (κ2) is 5.65. The first kappa shape index (κ1) is 12.7. The third kappa shape index (κ3) is 3.66. The van der Waals surface area contributed by atoms with Gasteiger partial charge in [0.2, 0.25) is 11.8 Å². The molecular formula is C11H18N2O3. The van der Waals surface area contributed by atoms with E-state index < -0.39 is 11.9 Å². The second-order valence-electron chi connectivity index (χ2n) is 4.19. The van der Waals surface area contributed by atoms with Crippen LogP contribution in [0.3, 0.4) is 0 Å². The molecule has 16 heavy (non-hydrogen) atoms. The number of nitrogens with one attached hydrogen (secondary N) is 1. The third-order valence-electron chi connectivity index (χ3n) is 2.51. The summed E-state index contributed by atoms with van der Waals surface area (Å²) in [5.41, 5.74) is 6.02. The van der Waals surface area contributed by atoms with Crippen molar-refractivity contribution in [3.63, 3.8) is 0 Å². The predicted molar refractivity (Wildman–Crippen MR) is 59.5 cm³/mol. The number of carbonyl (C=O) groups excluding carboxylic acids is 2. The van der Waals surface area contributed by atoms with E-state index in [1.165, 1.54) is 0 Å². The molecule has 0 aromatic carbocycles. The highest BCUT2D eigenvalue weighted by atomic mass is 16.5. The highest BCUT2D eigenvalue weighted by molar-refractivity contribution is 5.87. The van der Waals surface area contributed by atoms with E-state index >= 15 is 0 Å². The van der Waals surface area contributed by atoms with Gasteiger partial charge in [-0.25, -0.2) is 0 Å². The maximum Gasteiger partial charge on any atom is 0.240 e. The molecule has 0 aromatic rings. The van der Waals surface area contributed by atoms with Crippen molar-refractivity contribution in [2.75, 3.05) is 13.2 Å². The second-order valence-corrected chi connectivity index (χ2v) is 4.19. The summed E-state index contributed by atoms with van der Waals surface area (Å²) in [5, 5.41) is 2.64. The van der Waals surface area contributed by atoms with Crippen LogP contribution in [0.4, 0.5) is 0 Å². The van der Waals surface area contributed by atoms with E-state index in [-0.39, 0.29) is 11.8 Å². The molecule has 0 aliphatic carbocycles. The number of nitrogens with two attached hydrogens (primary N) is 1. The summed E-state index contributed by atoms with van der Waals surface area (Å²) in [7, 11) is 0. The van der Waals surface area contributed by atoms with Gasteiger partial charge >= 0.3 is 0 Å². The SMILES string of the molecule is C=C(C)C[C@H](NC(=O)[C@@H]1CCOC1)C(N)=O. The van der Waals surface area contributed by atoms with Crippen molar-refractivity contribution in [2.45, 2.75) is 25.8 Å². The molecule has 2 amide bonds. The van der Waals surface area contributed by atoms with E-state index in [0.29, 0.717) is 26.1 Å². The monoisotopic (exact) mass is 226 g/mol. The molecule has 0 bridgehead atoms. The van der Waals surface area contributed by atoms with Crippen molar-refractivity contribution in [3.05, 3.63) is 12.2 Å². The van der Waals surface area contributed by atoms with Crippen LogP contribution >= 0.6 is 0 Å². The van der Waals surface area contributed by atoms with Crippen molar-refractivity contribution >= 4 is 11.8 Å². The lowest BCUT2D eigenvalue weighted by Gasteiger charge is -2.17. The molecule has 90 valence electrons. The van der Waals surface area contributed by atoms with Gasteiger partial charge in [0, 0.05) is 6.61 Å². The summed E-state index contributed by atoms with van der Waals surface area (Å²) in [5.74, 6) is -0.857. The van der Waals surface area contributed by atoms with Gasteiger partial charge in [0.1, 0.15) is 6.04 Å². The first-order valence-electron chi connectivity index (χ1n) is 5.32. The first-order chi connectivity index (χ1) is 7.50. The topological polar surface area (TPSA) is 81.4 Å². The van der Waals surface area contributed by atoms with Crippen LogP contribution < -0.4 is 11.1 Å².